The molecular formula is C24H29N3O4S. The van der Waals surface area contributed by atoms with Crippen molar-refractivity contribution in [1.82, 2.24) is 5.32 Å². The van der Waals surface area contributed by atoms with Crippen LogP contribution in [0.15, 0.2) is 42.5 Å². The highest BCUT2D eigenvalue weighted by Crippen LogP contribution is 2.29. The third kappa shape index (κ3) is 5.30. The molecule has 1 fully saturated rings. The van der Waals surface area contributed by atoms with E-state index >= 15 is 0 Å². The van der Waals surface area contributed by atoms with E-state index in [0.29, 0.717) is 16.9 Å². The van der Waals surface area contributed by atoms with Crippen LogP contribution >= 0.6 is 0 Å². The minimum Gasteiger partial charge on any atom is -0.371 e. The van der Waals surface area contributed by atoms with Crippen LogP contribution in [0.25, 0.3) is 0 Å². The summed E-state index contributed by atoms with van der Waals surface area (Å²) in [4.78, 5) is 25.2. The first-order valence-electron chi connectivity index (χ1n) is 11.1. The molecule has 1 heterocycles. The molecule has 32 heavy (non-hydrogen) atoms. The number of amides is 2. The van der Waals surface area contributed by atoms with Gasteiger partial charge in [0, 0.05) is 11.6 Å². The number of benzene rings is 2. The number of fused-ring (bicyclic) bond motifs is 1. The molecular weight excluding hydrogens is 426 g/mol. The summed E-state index contributed by atoms with van der Waals surface area (Å²) in [5, 5.41) is 8.86. The summed E-state index contributed by atoms with van der Waals surface area (Å²) >= 11 is 0. The minimum atomic E-state index is -3.52. The standard InChI is InChI=1S/C24H29N3O4S/c1-16-7-5-6-8-18(16)14-32(30,31)15-22-24(29)27-21-13-17(11-12-20(21)26-22)23(28)25-19-9-3-2-4-10-19/h5-8,11-13,19,22,26H,2-4,9-10,14-15H2,1H3,(H,25,28)(H,27,29). The number of hydrogen-bond donors (Lipinski definition) is 3. The smallest absolute Gasteiger partial charge is 0.251 e. The Morgan fingerprint density at radius 2 is 1.81 bits per heavy atom. The largest absolute Gasteiger partial charge is 0.371 e. The molecule has 0 radical (unpaired) electrons. The van der Waals surface area contributed by atoms with Crippen molar-refractivity contribution in [2.45, 2.75) is 56.9 Å². The summed E-state index contributed by atoms with van der Waals surface area (Å²) in [6.45, 7) is 1.87. The lowest BCUT2D eigenvalue weighted by Crippen LogP contribution is -2.44. The van der Waals surface area contributed by atoms with E-state index < -0.39 is 21.8 Å². The molecule has 8 heteroatoms. The topological polar surface area (TPSA) is 104 Å². The highest BCUT2D eigenvalue weighted by atomic mass is 32.2. The predicted octanol–water partition coefficient (Wildman–Crippen LogP) is 3.41. The normalized spacial score (nSPS) is 18.9. The molecule has 2 aromatic carbocycles. The van der Waals surface area contributed by atoms with Crippen LogP contribution in [0.3, 0.4) is 0 Å². The van der Waals surface area contributed by atoms with Gasteiger partial charge in [0.25, 0.3) is 5.91 Å². The molecule has 0 saturated heterocycles. The van der Waals surface area contributed by atoms with E-state index in [1.54, 1.807) is 24.3 Å². The lowest BCUT2D eigenvalue weighted by molar-refractivity contribution is -0.116. The summed E-state index contributed by atoms with van der Waals surface area (Å²) in [6, 6.07) is 11.7. The zero-order chi connectivity index (χ0) is 22.7. The fraction of sp³-hybridized carbons (Fsp3) is 0.417. The molecule has 0 aromatic heterocycles. The highest BCUT2D eigenvalue weighted by molar-refractivity contribution is 7.90. The maximum absolute atomic E-state index is 12.7. The third-order valence-electron chi connectivity index (χ3n) is 6.18. The molecule has 3 N–H and O–H groups in total. The van der Waals surface area contributed by atoms with Gasteiger partial charge in [-0.25, -0.2) is 8.42 Å². The lowest BCUT2D eigenvalue weighted by Gasteiger charge is -2.27. The molecule has 1 saturated carbocycles. The Morgan fingerprint density at radius 1 is 1.06 bits per heavy atom. The van der Waals surface area contributed by atoms with Gasteiger partial charge in [-0.15, -0.1) is 0 Å². The van der Waals surface area contributed by atoms with Crippen molar-refractivity contribution >= 4 is 33.0 Å². The van der Waals surface area contributed by atoms with Crippen molar-refractivity contribution in [3.05, 3.63) is 59.2 Å². The Morgan fingerprint density at radius 3 is 2.56 bits per heavy atom. The number of nitrogens with one attached hydrogen (secondary N) is 3. The molecule has 0 spiro atoms. The van der Waals surface area contributed by atoms with Crippen LogP contribution in [0.1, 0.15) is 53.6 Å². The summed E-state index contributed by atoms with van der Waals surface area (Å²) in [7, 11) is -3.52. The van der Waals surface area contributed by atoms with Gasteiger partial charge in [-0.05, 0) is 49.1 Å². The van der Waals surface area contributed by atoms with Crippen molar-refractivity contribution in [1.29, 1.82) is 0 Å². The maximum atomic E-state index is 12.7. The molecule has 0 bridgehead atoms. The number of hydrogen-bond acceptors (Lipinski definition) is 5. The van der Waals surface area contributed by atoms with E-state index in [0.717, 1.165) is 36.8 Å². The maximum Gasteiger partial charge on any atom is 0.251 e. The monoisotopic (exact) mass is 455 g/mol. The van der Waals surface area contributed by atoms with Gasteiger partial charge in [-0.2, -0.15) is 0 Å². The highest BCUT2D eigenvalue weighted by Gasteiger charge is 2.31. The van der Waals surface area contributed by atoms with E-state index in [1.807, 2.05) is 25.1 Å². The number of rotatable bonds is 6. The van der Waals surface area contributed by atoms with Crippen LogP contribution in [0.2, 0.25) is 0 Å². The second-order valence-corrected chi connectivity index (χ2v) is 10.8. The number of carbonyl (C=O) groups is 2. The van der Waals surface area contributed by atoms with Gasteiger partial charge in [0.15, 0.2) is 9.84 Å². The van der Waals surface area contributed by atoms with Crippen LogP contribution in [-0.2, 0) is 20.4 Å². The first kappa shape index (κ1) is 22.3. The Kier molecular flexibility index (Phi) is 6.50. The Labute approximate surface area is 188 Å². The molecule has 1 atom stereocenters. The first-order valence-corrected chi connectivity index (χ1v) is 12.9. The van der Waals surface area contributed by atoms with Gasteiger partial charge < -0.3 is 16.0 Å². The van der Waals surface area contributed by atoms with Gasteiger partial charge in [0.2, 0.25) is 5.91 Å². The fourth-order valence-corrected chi connectivity index (χ4v) is 6.00. The SMILES string of the molecule is Cc1ccccc1CS(=O)(=O)CC1Nc2ccc(C(=O)NC3CCCCC3)cc2NC1=O. The fourth-order valence-electron chi connectivity index (χ4n) is 4.34. The summed E-state index contributed by atoms with van der Waals surface area (Å²) in [5.41, 5.74) is 3.20. The Balaban J connectivity index is 1.42. The molecule has 2 aliphatic rings. The second kappa shape index (κ2) is 9.32. The molecule has 1 unspecified atom stereocenters. The van der Waals surface area contributed by atoms with Crippen molar-refractivity contribution in [2.24, 2.45) is 0 Å². The first-order chi connectivity index (χ1) is 15.3. The molecule has 7 nitrogen and oxygen atoms in total. The van der Waals surface area contributed by atoms with E-state index in [-0.39, 0.29) is 23.5 Å². The zero-order valence-electron chi connectivity index (χ0n) is 18.2. The van der Waals surface area contributed by atoms with E-state index in [4.69, 9.17) is 0 Å². The minimum absolute atomic E-state index is 0.113. The Hall–Kier alpha value is -2.87. The van der Waals surface area contributed by atoms with Gasteiger partial charge in [-0.3, -0.25) is 9.59 Å². The van der Waals surface area contributed by atoms with Crippen LogP contribution < -0.4 is 16.0 Å². The van der Waals surface area contributed by atoms with Crippen LogP contribution in [0.4, 0.5) is 11.4 Å². The van der Waals surface area contributed by atoms with E-state index in [2.05, 4.69) is 16.0 Å². The van der Waals surface area contributed by atoms with Gasteiger partial charge in [0.05, 0.1) is 22.9 Å². The molecule has 170 valence electrons. The van der Waals surface area contributed by atoms with E-state index in [9.17, 15) is 18.0 Å². The predicted molar refractivity (Wildman–Crippen MR) is 125 cm³/mol. The summed E-state index contributed by atoms with van der Waals surface area (Å²) in [5.74, 6) is -0.998. The van der Waals surface area contributed by atoms with Gasteiger partial charge in [0.1, 0.15) is 6.04 Å². The molecule has 2 amide bonds. The molecule has 1 aliphatic heterocycles. The average molecular weight is 456 g/mol. The van der Waals surface area contributed by atoms with Crippen LogP contribution in [-0.4, -0.2) is 38.1 Å². The van der Waals surface area contributed by atoms with Crippen molar-refractivity contribution < 1.29 is 18.0 Å². The van der Waals surface area contributed by atoms with Crippen LogP contribution in [0.5, 0.6) is 0 Å². The van der Waals surface area contributed by atoms with Gasteiger partial charge >= 0.3 is 0 Å². The molecule has 1 aliphatic carbocycles. The number of carbonyl (C=O) groups excluding carboxylic acids is 2. The quantitative estimate of drug-likeness (QED) is 0.619. The van der Waals surface area contributed by atoms with Crippen molar-refractivity contribution in [3.63, 3.8) is 0 Å². The average Bonchev–Trinajstić information content (AvgIpc) is 2.76. The summed E-state index contributed by atoms with van der Waals surface area (Å²) in [6.07, 6.45) is 5.46. The zero-order valence-corrected chi connectivity index (χ0v) is 19.0. The third-order valence-corrected chi connectivity index (χ3v) is 7.78. The Bertz CT molecular complexity index is 1120. The van der Waals surface area contributed by atoms with E-state index in [1.165, 1.54) is 6.42 Å². The van der Waals surface area contributed by atoms with Crippen LogP contribution in [0, 0.1) is 6.92 Å². The number of aryl methyl sites for hydroxylation is 1. The van der Waals surface area contributed by atoms with Crippen molar-refractivity contribution in [2.75, 3.05) is 16.4 Å². The summed E-state index contributed by atoms with van der Waals surface area (Å²) < 4.78 is 25.5. The van der Waals surface area contributed by atoms with Gasteiger partial charge in [-0.1, -0.05) is 43.5 Å². The number of sulfone groups is 1. The second-order valence-electron chi connectivity index (χ2n) is 8.74. The molecule has 2 aromatic rings. The lowest BCUT2D eigenvalue weighted by atomic mass is 9.95. The number of anilines is 2. The van der Waals surface area contributed by atoms with Crippen molar-refractivity contribution in [3.8, 4) is 0 Å². The molecule has 4 rings (SSSR count).